The fourth-order valence-corrected chi connectivity index (χ4v) is 2.28. The number of nitrogens with one attached hydrogen (secondary N) is 1. The molecule has 0 spiro atoms. The van der Waals surface area contributed by atoms with Crippen molar-refractivity contribution in [3.63, 3.8) is 0 Å². The molecule has 0 radical (unpaired) electrons. The molecule has 1 amide bonds. The molecule has 2 aromatic rings. The van der Waals surface area contributed by atoms with Crippen molar-refractivity contribution < 1.29 is 9.90 Å². The van der Waals surface area contributed by atoms with Crippen molar-refractivity contribution in [1.29, 1.82) is 0 Å². The van der Waals surface area contributed by atoms with E-state index in [9.17, 15) is 9.59 Å². The topological polar surface area (TPSA) is 86.3 Å². The minimum absolute atomic E-state index is 0.0869. The molecule has 19 heavy (non-hydrogen) atoms. The van der Waals surface area contributed by atoms with Crippen LogP contribution in [0.1, 0.15) is 10.5 Å². The van der Waals surface area contributed by atoms with Gasteiger partial charge in [-0.2, -0.15) is 5.10 Å². The normalized spacial score (nSPS) is 15.5. The number of aromatic nitrogens is 2. The molecule has 0 aliphatic carbocycles. The van der Waals surface area contributed by atoms with Gasteiger partial charge in [0.05, 0.1) is 5.39 Å². The molecule has 0 atom stereocenters. The molecule has 0 bridgehead atoms. The highest BCUT2D eigenvalue weighted by Gasteiger charge is 2.32. The van der Waals surface area contributed by atoms with E-state index in [4.69, 9.17) is 5.11 Å². The number of likely N-dealkylation sites (tertiary alicyclic amines) is 1. The number of amides is 1. The lowest BCUT2D eigenvalue weighted by molar-refractivity contribution is 0.0357. The van der Waals surface area contributed by atoms with E-state index in [1.54, 1.807) is 29.2 Å². The van der Waals surface area contributed by atoms with Crippen molar-refractivity contribution in [2.75, 3.05) is 19.7 Å². The average Bonchev–Trinajstić information content (AvgIpc) is 2.38. The average molecular weight is 259 g/mol. The Morgan fingerprint density at radius 1 is 1.37 bits per heavy atom. The minimum atomic E-state index is -0.302. The zero-order valence-corrected chi connectivity index (χ0v) is 10.2. The third-order valence-electron chi connectivity index (χ3n) is 3.40. The molecule has 1 aromatic heterocycles. The van der Waals surface area contributed by atoms with E-state index < -0.39 is 0 Å². The number of nitrogens with zero attached hydrogens (tertiary/aromatic N) is 2. The summed E-state index contributed by atoms with van der Waals surface area (Å²) in [5.41, 5.74) is -0.0458. The van der Waals surface area contributed by atoms with Crippen LogP contribution in [0.15, 0.2) is 29.1 Å². The highest BCUT2D eigenvalue weighted by Crippen LogP contribution is 2.20. The largest absolute Gasteiger partial charge is 0.396 e. The van der Waals surface area contributed by atoms with Crippen LogP contribution in [0.2, 0.25) is 0 Å². The lowest BCUT2D eigenvalue weighted by Gasteiger charge is -2.38. The maximum absolute atomic E-state index is 12.3. The van der Waals surface area contributed by atoms with E-state index in [0.717, 1.165) is 0 Å². The van der Waals surface area contributed by atoms with E-state index in [-0.39, 0.29) is 29.7 Å². The molecular weight excluding hydrogens is 246 g/mol. The van der Waals surface area contributed by atoms with E-state index in [1.807, 2.05) is 0 Å². The van der Waals surface area contributed by atoms with Gasteiger partial charge in [0.15, 0.2) is 5.69 Å². The van der Waals surface area contributed by atoms with Crippen LogP contribution in [0.4, 0.5) is 0 Å². The summed E-state index contributed by atoms with van der Waals surface area (Å²) in [6.07, 6.45) is 0. The smallest absolute Gasteiger partial charge is 0.274 e. The van der Waals surface area contributed by atoms with E-state index in [2.05, 4.69) is 10.2 Å². The lowest BCUT2D eigenvalue weighted by atomic mass is 10.00. The van der Waals surface area contributed by atoms with Gasteiger partial charge in [-0.15, -0.1) is 0 Å². The first-order valence-electron chi connectivity index (χ1n) is 6.08. The van der Waals surface area contributed by atoms with Crippen LogP contribution >= 0.6 is 0 Å². The second kappa shape index (κ2) is 4.47. The number of carbonyl (C=O) groups excluding carboxylic acids is 1. The first-order chi connectivity index (χ1) is 9.20. The van der Waals surface area contributed by atoms with Crippen molar-refractivity contribution in [1.82, 2.24) is 15.1 Å². The second-order valence-electron chi connectivity index (χ2n) is 4.71. The van der Waals surface area contributed by atoms with Crippen molar-refractivity contribution >= 4 is 16.7 Å². The van der Waals surface area contributed by atoms with Crippen molar-refractivity contribution in [2.45, 2.75) is 0 Å². The van der Waals surface area contributed by atoms with Crippen LogP contribution < -0.4 is 5.56 Å². The SMILES string of the molecule is O=C(c1n[nH]c(=O)c2ccccc12)N1CC(CO)C1. The van der Waals surface area contributed by atoms with Crippen LogP contribution in [0, 0.1) is 5.92 Å². The maximum Gasteiger partial charge on any atom is 0.274 e. The number of aromatic amines is 1. The number of aliphatic hydroxyl groups excluding tert-OH is 1. The Morgan fingerprint density at radius 2 is 2.05 bits per heavy atom. The molecule has 6 nitrogen and oxygen atoms in total. The highest BCUT2D eigenvalue weighted by atomic mass is 16.3. The van der Waals surface area contributed by atoms with Crippen LogP contribution in [0.3, 0.4) is 0 Å². The zero-order chi connectivity index (χ0) is 13.4. The minimum Gasteiger partial charge on any atom is -0.396 e. The van der Waals surface area contributed by atoms with Gasteiger partial charge in [0.25, 0.3) is 11.5 Å². The van der Waals surface area contributed by atoms with Crippen molar-refractivity contribution in [3.8, 4) is 0 Å². The summed E-state index contributed by atoms with van der Waals surface area (Å²) in [5, 5.41) is 16.2. The number of hydrogen-bond acceptors (Lipinski definition) is 4. The fourth-order valence-electron chi connectivity index (χ4n) is 2.28. The predicted octanol–water partition coefficient (Wildman–Crippen LogP) is -0.0126. The number of carbonyl (C=O) groups is 1. The summed E-state index contributed by atoms with van der Waals surface area (Å²) >= 11 is 0. The number of rotatable bonds is 2. The van der Waals surface area contributed by atoms with Crippen LogP contribution in [-0.4, -0.2) is 45.8 Å². The van der Waals surface area contributed by atoms with Gasteiger partial charge >= 0.3 is 0 Å². The van der Waals surface area contributed by atoms with E-state index in [0.29, 0.717) is 23.9 Å². The van der Waals surface area contributed by atoms with Gasteiger partial charge in [0, 0.05) is 31.0 Å². The van der Waals surface area contributed by atoms with Crippen molar-refractivity contribution in [3.05, 3.63) is 40.3 Å². The van der Waals surface area contributed by atoms with Crippen molar-refractivity contribution in [2.24, 2.45) is 5.92 Å². The summed E-state index contributed by atoms with van der Waals surface area (Å²) < 4.78 is 0. The molecule has 0 saturated carbocycles. The molecule has 1 aliphatic rings. The molecule has 6 heteroatoms. The molecule has 2 heterocycles. The Morgan fingerprint density at radius 3 is 2.74 bits per heavy atom. The van der Waals surface area contributed by atoms with Crippen LogP contribution in [-0.2, 0) is 0 Å². The van der Waals surface area contributed by atoms with E-state index >= 15 is 0 Å². The first kappa shape index (κ1) is 11.9. The quantitative estimate of drug-likeness (QED) is 0.794. The van der Waals surface area contributed by atoms with Gasteiger partial charge in [-0.3, -0.25) is 9.59 Å². The molecule has 1 saturated heterocycles. The standard InChI is InChI=1S/C13H13N3O3/c17-7-8-5-16(6-8)13(19)11-9-3-1-2-4-10(9)12(18)15-14-11/h1-4,8,17H,5-7H2,(H,15,18). The zero-order valence-electron chi connectivity index (χ0n) is 10.2. The van der Waals surface area contributed by atoms with Gasteiger partial charge in [-0.1, -0.05) is 18.2 Å². The van der Waals surface area contributed by atoms with Crippen LogP contribution in [0.5, 0.6) is 0 Å². The summed E-state index contributed by atoms with van der Waals surface area (Å²) in [6, 6.07) is 6.90. The molecule has 98 valence electrons. The van der Waals surface area contributed by atoms with Gasteiger partial charge < -0.3 is 10.0 Å². The molecule has 1 aliphatic heterocycles. The second-order valence-corrected chi connectivity index (χ2v) is 4.71. The summed E-state index contributed by atoms with van der Waals surface area (Å²) in [4.78, 5) is 25.5. The molecular formula is C13H13N3O3. The number of aliphatic hydroxyl groups is 1. The number of hydrogen-bond donors (Lipinski definition) is 2. The van der Waals surface area contributed by atoms with E-state index in [1.165, 1.54) is 0 Å². The lowest BCUT2D eigenvalue weighted by Crippen LogP contribution is -2.51. The molecule has 3 rings (SSSR count). The van der Waals surface area contributed by atoms with Gasteiger partial charge in [-0.25, -0.2) is 5.10 Å². The summed E-state index contributed by atoms with van der Waals surface area (Å²) in [7, 11) is 0. The maximum atomic E-state index is 12.3. The number of benzene rings is 1. The summed E-state index contributed by atoms with van der Waals surface area (Å²) in [6.45, 7) is 1.15. The Labute approximate surface area is 108 Å². The fraction of sp³-hybridized carbons (Fsp3) is 0.308. The first-order valence-corrected chi connectivity index (χ1v) is 6.08. The molecule has 1 fully saturated rings. The monoisotopic (exact) mass is 259 g/mol. The number of fused-ring (bicyclic) bond motifs is 1. The Balaban J connectivity index is 2.00. The Bertz CT molecular complexity index is 689. The highest BCUT2D eigenvalue weighted by molar-refractivity contribution is 6.04. The molecule has 2 N–H and O–H groups in total. The predicted molar refractivity (Wildman–Crippen MR) is 68.8 cm³/mol. The van der Waals surface area contributed by atoms with Gasteiger partial charge in [0.2, 0.25) is 0 Å². The third-order valence-corrected chi connectivity index (χ3v) is 3.40. The molecule has 0 unspecified atom stereocenters. The Kier molecular flexibility index (Phi) is 2.79. The van der Waals surface area contributed by atoms with Gasteiger partial charge in [-0.05, 0) is 6.07 Å². The Hall–Kier alpha value is -2.21. The van der Waals surface area contributed by atoms with Gasteiger partial charge in [0.1, 0.15) is 0 Å². The van der Waals surface area contributed by atoms with Crippen LogP contribution in [0.25, 0.3) is 10.8 Å². The third kappa shape index (κ3) is 1.90. The summed E-state index contributed by atoms with van der Waals surface area (Å²) in [5.74, 6) is -0.0601. The number of H-pyrrole nitrogens is 1. The molecule has 1 aromatic carbocycles.